The number of rotatable bonds is 7. The van der Waals surface area contributed by atoms with Crippen molar-refractivity contribution in [1.82, 2.24) is 25.5 Å². The molecular weight excluding hydrogens is 506 g/mol. The number of pyridine rings is 2. The number of nitrogens with zero attached hydrogens (tertiary/aromatic N) is 3. The highest BCUT2D eigenvalue weighted by molar-refractivity contribution is 5.93. The maximum absolute atomic E-state index is 5.44. The van der Waals surface area contributed by atoms with E-state index in [0.717, 1.165) is 77.3 Å². The number of benzene rings is 2. The minimum absolute atomic E-state index is 0.457. The van der Waals surface area contributed by atoms with Crippen LogP contribution in [0.15, 0.2) is 73.1 Å². The van der Waals surface area contributed by atoms with E-state index in [1.54, 1.807) is 0 Å². The van der Waals surface area contributed by atoms with Crippen LogP contribution < -0.4 is 5.32 Å². The quantitative estimate of drug-likeness (QED) is 0.218. The molecule has 1 fully saturated rings. The predicted octanol–water partition coefficient (Wildman–Crippen LogP) is 6.92. The van der Waals surface area contributed by atoms with Crippen LogP contribution in [0.3, 0.4) is 0 Å². The van der Waals surface area contributed by atoms with E-state index in [0.29, 0.717) is 12.1 Å². The van der Waals surface area contributed by atoms with Crippen LogP contribution in [-0.2, 0) is 17.6 Å². The molecule has 3 aromatic heterocycles. The number of hydrogen-bond donors (Lipinski definition) is 2. The Hall–Kier alpha value is -3.87. The van der Waals surface area contributed by atoms with Crippen molar-refractivity contribution in [2.45, 2.75) is 57.6 Å². The van der Waals surface area contributed by atoms with Crippen LogP contribution in [0.5, 0.6) is 0 Å². The first-order valence-corrected chi connectivity index (χ1v) is 14.9. The fraction of sp³-hybridized carbons (Fsp3) is 0.343. The zero-order valence-corrected chi connectivity index (χ0v) is 23.9. The van der Waals surface area contributed by atoms with Gasteiger partial charge in [0, 0.05) is 47.6 Å². The summed E-state index contributed by atoms with van der Waals surface area (Å²) in [5.41, 5.74) is 11.5. The standard InChI is InChI=1S/C35H37N5O/c1-22-4-3-15-36-33(22)25-10-12-26(13-11-25)34-32-17-29(21-38-35(32)40-39-34)28-14-9-24-7-5-23(6-8-27(24)16-28)20-37-30-18-31(19-30)41-2/h3-4,9-17,21,23,30-31,37H,5-8,18-20H2,1-2H3,(H,38,39,40). The van der Waals surface area contributed by atoms with E-state index >= 15 is 0 Å². The van der Waals surface area contributed by atoms with Gasteiger partial charge in [-0.2, -0.15) is 5.10 Å². The maximum atomic E-state index is 5.44. The Morgan fingerprint density at radius 1 is 0.878 bits per heavy atom. The zero-order valence-electron chi connectivity index (χ0n) is 23.9. The third-order valence-electron chi connectivity index (χ3n) is 9.17. The van der Waals surface area contributed by atoms with Crippen molar-refractivity contribution in [3.05, 3.63) is 89.7 Å². The van der Waals surface area contributed by atoms with Crippen molar-refractivity contribution >= 4 is 11.0 Å². The summed E-state index contributed by atoms with van der Waals surface area (Å²) >= 11 is 0. The number of fused-ring (bicyclic) bond motifs is 2. The van der Waals surface area contributed by atoms with E-state index in [4.69, 9.17) is 9.72 Å². The highest BCUT2D eigenvalue weighted by Gasteiger charge is 2.29. The van der Waals surface area contributed by atoms with Crippen molar-refractivity contribution in [3.8, 4) is 33.6 Å². The SMILES string of the molecule is COC1CC(NCC2CCc3ccc(-c4cnc5n[nH]c(-c6ccc(-c7ncccc7C)cc6)c5c4)cc3CC2)C1. The Kier molecular flexibility index (Phi) is 7.11. The van der Waals surface area contributed by atoms with Crippen LogP contribution in [0.1, 0.15) is 42.4 Å². The summed E-state index contributed by atoms with van der Waals surface area (Å²) in [6, 6.07) is 22.5. The van der Waals surface area contributed by atoms with Crippen LogP contribution in [0.25, 0.3) is 44.7 Å². The third kappa shape index (κ3) is 5.30. The van der Waals surface area contributed by atoms with E-state index in [9.17, 15) is 0 Å². The molecular formula is C35H37N5O. The van der Waals surface area contributed by atoms with Crippen molar-refractivity contribution in [2.75, 3.05) is 13.7 Å². The van der Waals surface area contributed by atoms with E-state index in [-0.39, 0.29) is 0 Å². The molecule has 6 nitrogen and oxygen atoms in total. The van der Waals surface area contributed by atoms with Crippen LogP contribution in [0, 0.1) is 12.8 Å². The van der Waals surface area contributed by atoms with E-state index in [1.807, 2.05) is 25.6 Å². The second-order valence-electron chi connectivity index (χ2n) is 11.8. The molecule has 2 aliphatic rings. The molecule has 3 heterocycles. The first kappa shape index (κ1) is 26.1. The van der Waals surface area contributed by atoms with Gasteiger partial charge < -0.3 is 10.1 Å². The predicted molar refractivity (Wildman–Crippen MR) is 165 cm³/mol. The molecule has 2 N–H and O–H groups in total. The van der Waals surface area contributed by atoms with Crippen LogP contribution in [-0.4, -0.2) is 46.0 Å². The maximum Gasteiger partial charge on any atom is 0.181 e. The van der Waals surface area contributed by atoms with Gasteiger partial charge in [-0.3, -0.25) is 10.1 Å². The number of methoxy groups -OCH3 is 1. The highest BCUT2D eigenvalue weighted by atomic mass is 16.5. The minimum atomic E-state index is 0.457. The smallest absolute Gasteiger partial charge is 0.181 e. The first-order valence-electron chi connectivity index (χ1n) is 14.9. The van der Waals surface area contributed by atoms with E-state index < -0.39 is 0 Å². The van der Waals surface area contributed by atoms with Crippen molar-refractivity contribution in [2.24, 2.45) is 5.92 Å². The number of ether oxygens (including phenoxy) is 1. The van der Waals surface area contributed by atoms with Crippen LogP contribution in [0.2, 0.25) is 0 Å². The third-order valence-corrected chi connectivity index (χ3v) is 9.17. The largest absolute Gasteiger partial charge is 0.381 e. The van der Waals surface area contributed by atoms with Gasteiger partial charge in [-0.1, -0.05) is 48.5 Å². The summed E-state index contributed by atoms with van der Waals surface area (Å²) in [5.74, 6) is 0.729. The second-order valence-corrected chi connectivity index (χ2v) is 11.8. The van der Waals surface area contributed by atoms with Crippen molar-refractivity contribution < 1.29 is 4.74 Å². The van der Waals surface area contributed by atoms with Crippen LogP contribution in [0.4, 0.5) is 0 Å². The molecule has 0 bridgehead atoms. The molecule has 2 aromatic carbocycles. The molecule has 1 unspecified atom stereocenters. The summed E-state index contributed by atoms with van der Waals surface area (Å²) in [5, 5.41) is 12.6. The molecule has 208 valence electrons. The Morgan fingerprint density at radius 2 is 1.66 bits per heavy atom. The van der Waals surface area contributed by atoms with Gasteiger partial charge in [-0.25, -0.2) is 4.98 Å². The first-order chi connectivity index (χ1) is 20.1. The molecule has 0 radical (unpaired) electrons. The Bertz CT molecular complexity index is 1670. The topological polar surface area (TPSA) is 75.7 Å². The number of aryl methyl sites for hydroxylation is 3. The Labute approximate surface area is 241 Å². The summed E-state index contributed by atoms with van der Waals surface area (Å²) in [7, 11) is 1.82. The lowest BCUT2D eigenvalue weighted by atomic mass is 9.88. The normalized spacial score (nSPS) is 20.4. The molecule has 0 aliphatic heterocycles. The van der Waals surface area contributed by atoms with E-state index in [1.165, 1.54) is 35.1 Å². The minimum Gasteiger partial charge on any atom is -0.381 e. The second kappa shape index (κ2) is 11.2. The zero-order chi connectivity index (χ0) is 27.8. The average Bonchev–Trinajstić information content (AvgIpc) is 3.30. The summed E-state index contributed by atoms with van der Waals surface area (Å²) in [6.45, 7) is 3.21. The van der Waals surface area contributed by atoms with Crippen molar-refractivity contribution in [1.29, 1.82) is 0 Å². The number of hydrogen-bond acceptors (Lipinski definition) is 5. The van der Waals surface area contributed by atoms with Gasteiger partial charge in [-0.15, -0.1) is 0 Å². The number of aromatic nitrogens is 4. The Balaban J connectivity index is 1.09. The molecule has 6 heteroatoms. The van der Waals surface area contributed by atoms with E-state index in [2.05, 4.69) is 82.0 Å². The van der Waals surface area contributed by atoms with Gasteiger partial charge in [0.25, 0.3) is 0 Å². The lowest BCUT2D eigenvalue weighted by Crippen LogP contribution is -2.46. The van der Waals surface area contributed by atoms with Gasteiger partial charge in [0.15, 0.2) is 5.65 Å². The highest BCUT2D eigenvalue weighted by Crippen LogP contribution is 2.33. The number of nitrogens with one attached hydrogen (secondary N) is 2. The van der Waals surface area contributed by atoms with Crippen molar-refractivity contribution in [3.63, 3.8) is 0 Å². The lowest BCUT2D eigenvalue weighted by molar-refractivity contribution is 0.0163. The molecule has 7 rings (SSSR count). The van der Waals surface area contributed by atoms with Gasteiger partial charge in [-0.05, 0) is 92.3 Å². The average molecular weight is 544 g/mol. The van der Waals surface area contributed by atoms with Gasteiger partial charge in [0.2, 0.25) is 0 Å². The summed E-state index contributed by atoms with van der Waals surface area (Å²) < 4.78 is 5.44. The molecule has 1 atom stereocenters. The molecule has 5 aromatic rings. The van der Waals surface area contributed by atoms with Gasteiger partial charge in [0.1, 0.15) is 0 Å². The lowest BCUT2D eigenvalue weighted by Gasteiger charge is -2.35. The monoisotopic (exact) mass is 543 g/mol. The Morgan fingerprint density at radius 3 is 2.46 bits per heavy atom. The summed E-state index contributed by atoms with van der Waals surface area (Å²) in [6.07, 6.45) is 11.3. The molecule has 41 heavy (non-hydrogen) atoms. The number of aromatic amines is 1. The molecule has 1 saturated carbocycles. The van der Waals surface area contributed by atoms with Crippen LogP contribution >= 0.6 is 0 Å². The molecule has 0 spiro atoms. The van der Waals surface area contributed by atoms with Gasteiger partial charge in [0.05, 0.1) is 17.5 Å². The fourth-order valence-corrected chi connectivity index (χ4v) is 6.47. The summed E-state index contributed by atoms with van der Waals surface area (Å²) in [4.78, 5) is 9.29. The fourth-order valence-electron chi connectivity index (χ4n) is 6.47. The number of H-pyrrole nitrogens is 1. The van der Waals surface area contributed by atoms with Gasteiger partial charge >= 0.3 is 0 Å². The molecule has 2 aliphatic carbocycles. The molecule has 0 saturated heterocycles. The molecule has 0 amide bonds.